The summed E-state index contributed by atoms with van der Waals surface area (Å²) in [6, 6.07) is 3.43. The minimum absolute atomic E-state index is 0.0413. The highest BCUT2D eigenvalue weighted by Crippen LogP contribution is 2.33. The van der Waals surface area contributed by atoms with Crippen LogP contribution >= 0.6 is 11.6 Å². The molecule has 20 heavy (non-hydrogen) atoms. The van der Waals surface area contributed by atoms with E-state index < -0.39 is 0 Å². The normalized spacial score (nSPS) is 15.8. The standard InChI is InChI=1S/C16H20ClNO2/c1-9(16(2,3)4)5-14(19)11-6-10-7-15(20)18-13(10)8-12(11)17/h6,8-9H,5,7H2,1-4H3,(H,18,20). The molecular weight excluding hydrogens is 274 g/mol. The van der Waals surface area contributed by atoms with Gasteiger partial charge in [0.15, 0.2) is 5.78 Å². The Bertz CT molecular complexity index is 573. The number of ketones is 1. The van der Waals surface area contributed by atoms with Gasteiger partial charge in [-0.1, -0.05) is 39.3 Å². The van der Waals surface area contributed by atoms with Crippen LogP contribution in [0.2, 0.25) is 5.02 Å². The van der Waals surface area contributed by atoms with Gasteiger partial charge >= 0.3 is 0 Å². The number of carbonyl (C=O) groups is 2. The van der Waals surface area contributed by atoms with Gasteiger partial charge in [0.1, 0.15) is 0 Å². The van der Waals surface area contributed by atoms with E-state index in [9.17, 15) is 9.59 Å². The highest BCUT2D eigenvalue weighted by molar-refractivity contribution is 6.34. The SMILES string of the molecule is CC(CC(=O)c1cc2c(cc1Cl)NC(=O)C2)C(C)(C)C. The highest BCUT2D eigenvalue weighted by atomic mass is 35.5. The van der Waals surface area contributed by atoms with Crippen LogP contribution in [0.15, 0.2) is 12.1 Å². The number of Topliss-reactive ketones (excluding diaryl/α,β-unsaturated/α-hetero) is 1. The summed E-state index contributed by atoms with van der Waals surface area (Å²) in [5.41, 5.74) is 2.18. The molecule has 0 saturated heterocycles. The molecule has 1 unspecified atom stereocenters. The van der Waals surface area contributed by atoms with Gasteiger partial charge in [-0.2, -0.15) is 0 Å². The van der Waals surface area contributed by atoms with Gasteiger partial charge in [0.25, 0.3) is 0 Å². The van der Waals surface area contributed by atoms with E-state index in [0.29, 0.717) is 23.4 Å². The molecule has 1 amide bonds. The van der Waals surface area contributed by atoms with Crippen molar-refractivity contribution in [1.82, 2.24) is 0 Å². The quantitative estimate of drug-likeness (QED) is 0.853. The van der Waals surface area contributed by atoms with Gasteiger partial charge in [-0.15, -0.1) is 0 Å². The molecule has 3 nitrogen and oxygen atoms in total. The summed E-state index contributed by atoms with van der Waals surface area (Å²) in [6.07, 6.45) is 0.783. The number of fused-ring (bicyclic) bond motifs is 1. The van der Waals surface area contributed by atoms with Gasteiger partial charge < -0.3 is 5.32 Å². The van der Waals surface area contributed by atoms with Crippen molar-refractivity contribution in [2.45, 2.75) is 40.5 Å². The molecule has 1 N–H and O–H groups in total. The molecule has 0 spiro atoms. The zero-order chi connectivity index (χ0) is 15.1. The lowest BCUT2D eigenvalue weighted by molar-refractivity contribution is -0.115. The lowest BCUT2D eigenvalue weighted by Crippen LogP contribution is -2.20. The first kappa shape index (κ1) is 15.0. The second-order valence-electron chi connectivity index (χ2n) is 6.61. The number of halogens is 1. The van der Waals surface area contributed by atoms with Crippen LogP contribution in [0.5, 0.6) is 0 Å². The average molecular weight is 294 g/mol. The van der Waals surface area contributed by atoms with Crippen LogP contribution in [0.3, 0.4) is 0 Å². The monoisotopic (exact) mass is 293 g/mol. The number of rotatable bonds is 3. The molecular formula is C16H20ClNO2. The van der Waals surface area contributed by atoms with Crippen molar-refractivity contribution in [2.75, 3.05) is 5.32 Å². The maximum absolute atomic E-state index is 12.4. The van der Waals surface area contributed by atoms with E-state index in [1.807, 2.05) is 0 Å². The average Bonchev–Trinajstić information content (AvgIpc) is 2.65. The van der Waals surface area contributed by atoms with Gasteiger partial charge in [-0.3, -0.25) is 9.59 Å². The summed E-state index contributed by atoms with van der Waals surface area (Å²) in [7, 11) is 0. The largest absolute Gasteiger partial charge is 0.325 e. The Morgan fingerprint density at radius 1 is 1.40 bits per heavy atom. The van der Waals surface area contributed by atoms with Crippen molar-refractivity contribution >= 4 is 29.0 Å². The summed E-state index contributed by atoms with van der Waals surface area (Å²) in [5, 5.41) is 3.15. The number of hydrogen-bond acceptors (Lipinski definition) is 2. The summed E-state index contributed by atoms with van der Waals surface area (Å²) in [4.78, 5) is 23.8. The third-order valence-corrected chi connectivity index (χ3v) is 4.40. The van der Waals surface area contributed by atoms with E-state index in [1.54, 1.807) is 12.1 Å². The molecule has 0 aromatic heterocycles. The van der Waals surface area contributed by atoms with Crippen molar-refractivity contribution in [1.29, 1.82) is 0 Å². The van der Waals surface area contributed by atoms with Crippen molar-refractivity contribution < 1.29 is 9.59 Å². The van der Waals surface area contributed by atoms with Crippen molar-refractivity contribution in [3.8, 4) is 0 Å². The minimum atomic E-state index is -0.0521. The van der Waals surface area contributed by atoms with Gasteiger partial charge in [-0.25, -0.2) is 0 Å². The van der Waals surface area contributed by atoms with Gasteiger partial charge in [0, 0.05) is 17.7 Å². The first-order valence-corrected chi connectivity index (χ1v) is 7.21. The summed E-state index contributed by atoms with van der Waals surface area (Å²) < 4.78 is 0. The molecule has 1 aliphatic heterocycles. The molecule has 1 aromatic carbocycles. The topological polar surface area (TPSA) is 46.2 Å². The van der Waals surface area contributed by atoms with Gasteiger partial charge in [-0.05, 0) is 29.0 Å². The second kappa shape index (κ2) is 5.21. The zero-order valence-corrected chi connectivity index (χ0v) is 13.1. The first-order valence-electron chi connectivity index (χ1n) is 6.84. The second-order valence-corrected chi connectivity index (χ2v) is 7.02. The van der Waals surface area contributed by atoms with E-state index in [4.69, 9.17) is 11.6 Å². The lowest BCUT2D eigenvalue weighted by atomic mass is 9.78. The van der Waals surface area contributed by atoms with Crippen LogP contribution < -0.4 is 5.32 Å². The van der Waals surface area contributed by atoms with Gasteiger partial charge in [0.05, 0.1) is 11.4 Å². The summed E-state index contributed by atoms with van der Waals surface area (Å²) in [5.74, 6) is 0.252. The zero-order valence-electron chi connectivity index (χ0n) is 12.3. The van der Waals surface area contributed by atoms with Crippen LogP contribution in [0.4, 0.5) is 5.69 Å². The van der Waals surface area contributed by atoms with Crippen molar-refractivity contribution in [3.63, 3.8) is 0 Å². The van der Waals surface area contributed by atoms with Crippen LogP contribution in [0.1, 0.15) is 50.0 Å². The molecule has 1 aromatic rings. The Kier molecular flexibility index (Phi) is 3.92. The Morgan fingerprint density at radius 2 is 2.05 bits per heavy atom. The number of carbonyl (C=O) groups excluding carboxylic acids is 2. The van der Waals surface area contributed by atoms with Crippen molar-refractivity contribution in [3.05, 3.63) is 28.3 Å². The molecule has 0 radical (unpaired) electrons. The third kappa shape index (κ3) is 3.04. The molecule has 0 fully saturated rings. The molecule has 4 heteroatoms. The van der Waals surface area contributed by atoms with E-state index >= 15 is 0 Å². The number of hydrogen-bond donors (Lipinski definition) is 1. The smallest absolute Gasteiger partial charge is 0.228 e. The molecule has 2 rings (SSSR count). The summed E-state index contributed by atoms with van der Waals surface area (Å²) >= 11 is 6.18. The van der Waals surface area contributed by atoms with E-state index in [2.05, 4.69) is 33.0 Å². The molecule has 0 saturated carbocycles. The molecule has 1 atom stereocenters. The van der Waals surface area contributed by atoms with Crippen LogP contribution in [-0.4, -0.2) is 11.7 Å². The Morgan fingerprint density at radius 3 is 2.65 bits per heavy atom. The minimum Gasteiger partial charge on any atom is -0.325 e. The highest BCUT2D eigenvalue weighted by Gasteiger charge is 2.26. The fraction of sp³-hybridized carbons (Fsp3) is 0.500. The van der Waals surface area contributed by atoms with Crippen LogP contribution in [0, 0.1) is 11.3 Å². The molecule has 1 aliphatic rings. The summed E-state index contributed by atoms with van der Waals surface area (Å²) in [6.45, 7) is 8.44. The predicted octanol–water partition coefficient (Wildman–Crippen LogP) is 4.09. The first-order chi connectivity index (χ1) is 9.18. The maximum atomic E-state index is 12.4. The number of anilines is 1. The Balaban J connectivity index is 2.24. The number of nitrogens with one attached hydrogen (secondary N) is 1. The van der Waals surface area contributed by atoms with Crippen molar-refractivity contribution in [2.24, 2.45) is 11.3 Å². The molecule has 1 heterocycles. The molecule has 108 valence electrons. The maximum Gasteiger partial charge on any atom is 0.228 e. The third-order valence-electron chi connectivity index (χ3n) is 4.09. The van der Waals surface area contributed by atoms with E-state index in [1.165, 1.54) is 0 Å². The Labute approximate surface area is 124 Å². The fourth-order valence-electron chi connectivity index (χ4n) is 2.16. The van der Waals surface area contributed by atoms with E-state index in [0.717, 1.165) is 11.3 Å². The predicted molar refractivity (Wildman–Crippen MR) is 81.4 cm³/mol. The van der Waals surface area contributed by atoms with Crippen LogP contribution in [0.25, 0.3) is 0 Å². The van der Waals surface area contributed by atoms with Crippen LogP contribution in [-0.2, 0) is 11.2 Å². The number of benzene rings is 1. The molecule has 0 aliphatic carbocycles. The Hall–Kier alpha value is -1.35. The fourth-order valence-corrected chi connectivity index (χ4v) is 2.43. The number of amides is 1. The molecule has 0 bridgehead atoms. The lowest BCUT2D eigenvalue weighted by Gasteiger charge is -2.26. The van der Waals surface area contributed by atoms with Gasteiger partial charge in [0.2, 0.25) is 5.91 Å². The van der Waals surface area contributed by atoms with E-state index in [-0.39, 0.29) is 23.0 Å².